The molecule has 0 unspecified atom stereocenters. The molecule has 2 aromatic carbocycles. The van der Waals surface area contributed by atoms with Crippen LogP contribution in [-0.2, 0) is 16.0 Å². The molecule has 0 bridgehead atoms. The minimum absolute atomic E-state index is 0.281. The van der Waals surface area contributed by atoms with Crippen molar-refractivity contribution in [3.8, 4) is 22.6 Å². The summed E-state index contributed by atoms with van der Waals surface area (Å²) >= 11 is 0. The van der Waals surface area contributed by atoms with Crippen molar-refractivity contribution in [3.63, 3.8) is 0 Å². The Labute approximate surface area is 203 Å². The number of hydrogen-bond donors (Lipinski definition) is 0. The van der Waals surface area contributed by atoms with Crippen molar-refractivity contribution < 1.29 is 19.0 Å². The summed E-state index contributed by atoms with van der Waals surface area (Å²) in [5.74, 6) is 1.89. The van der Waals surface area contributed by atoms with Gasteiger partial charge in [-0.1, -0.05) is 24.3 Å². The van der Waals surface area contributed by atoms with Crippen LogP contribution < -0.4 is 9.47 Å². The summed E-state index contributed by atoms with van der Waals surface area (Å²) in [5.41, 5.74) is 2.84. The second kappa shape index (κ2) is 10.8. The molecule has 0 aliphatic carbocycles. The molecule has 0 N–H and O–H groups in total. The first-order valence-corrected chi connectivity index (χ1v) is 12.3. The van der Waals surface area contributed by atoms with E-state index >= 15 is 0 Å². The molecule has 2 fully saturated rings. The van der Waals surface area contributed by atoms with E-state index in [0.717, 1.165) is 67.8 Å². The number of nitrogens with zero attached hydrogens (tertiary/aromatic N) is 2. The molecule has 0 aromatic heterocycles. The maximum Gasteiger partial charge on any atom is 0.229 e. The fourth-order valence-electron chi connectivity index (χ4n) is 5.38. The lowest BCUT2D eigenvalue weighted by molar-refractivity contribution is -0.149. The number of carbonyl (C=O) groups excluding carboxylic acids is 1. The van der Waals surface area contributed by atoms with Crippen LogP contribution in [0.15, 0.2) is 42.5 Å². The van der Waals surface area contributed by atoms with Crippen LogP contribution in [0.1, 0.15) is 31.2 Å². The molecule has 2 aliphatic rings. The lowest BCUT2D eigenvalue weighted by Crippen LogP contribution is -2.52. The smallest absolute Gasteiger partial charge is 0.229 e. The Bertz CT molecular complexity index is 961. The zero-order valence-corrected chi connectivity index (χ0v) is 21.0. The zero-order valence-electron chi connectivity index (χ0n) is 21.0. The highest BCUT2D eigenvalue weighted by Gasteiger charge is 2.43. The van der Waals surface area contributed by atoms with Gasteiger partial charge in [0.05, 0.1) is 19.6 Å². The number of carbonyl (C=O) groups is 1. The molecule has 2 aromatic rings. The minimum atomic E-state index is -0.397. The van der Waals surface area contributed by atoms with E-state index in [0.29, 0.717) is 19.3 Å². The topological polar surface area (TPSA) is 51.2 Å². The van der Waals surface area contributed by atoms with E-state index < -0.39 is 5.41 Å². The summed E-state index contributed by atoms with van der Waals surface area (Å²) in [7, 11) is 7.51. The van der Waals surface area contributed by atoms with Crippen LogP contribution in [0.25, 0.3) is 11.1 Å². The van der Waals surface area contributed by atoms with Gasteiger partial charge in [0.2, 0.25) is 5.91 Å². The van der Waals surface area contributed by atoms with E-state index in [1.807, 2.05) is 30.1 Å². The molecule has 2 heterocycles. The highest BCUT2D eigenvalue weighted by molar-refractivity contribution is 5.83. The number of benzene rings is 2. The Morgan fingerprint density at radius 1 is 1.06 bits per heavy atom. The average molecular weight is 467 g/mol. The molecule has 6 nitrogen and oxygen atoms in total. The minimum Gasteiger partial charge on any atom is -0.497 e. The predicted octanol–water partition coefficient (Wildman–Crippen LogP) is 4.26. The molecule has 2 saturated heterocycles. The molecule has 1 amide bonds. The summed E-state index contributed by atoms with van der Waals surface area (Å²) in [4.78, 5) is 18.3. The Kier molecular flexibility index (Phi) is 7.79. The molecule has 0 radical (unpaired) electrons. The average Bonchev–Trinajstić information content (AvgIpc) is 2.89. The van der Waals surface area contributed by atoms with Crippen LogP contribution in [0.2, 0.25) is 0 Å². The first kappa shape index (κ1) is 24.6. The van der Waals surface area contributed by atoms with Crippen LogP contribution in [0, 0.1) is 5.41 Å². The van der Waals surface area contributed by atoms with E-state index in [1.165, 1.54) is 5.56 Å². The number of likely N-dealkylation sites (tertiary alicyclic amines) is 1. The van der Waals surface area contributed by atoms with Crippen LogP contribution in [0.4, 0.5) is 0 Å². The van der Waals surface area contributed by atoms with Crippen LogP contribution in [0.3, 0.4) is 0 Å². The van der Waals surface area contributed by atoms with Crippen LogP contribution in [-0.4, -0.2) is 76.4 Å². The number of hydrogen-bond acceptors (Lipinski definition) is 5. The third-order valence-electron chi connectivity index (χ3n) is 7.67. The quantitative estimate of drug-likeness (QED) is 0.610. The van der Waals surface area contributed by atoms with Crippen LogP contribution in [0.5, 0.6) is 11.5 Å². The van der Waals surface area contributed by atoms with Gasteiger partial charge in [-0.05, 0) is 81.6 Å². The Morgan fingerprint density at radius 2 is 1.74 bits per heavy atom. The molecule has 184 valence electrons. The Morgan fingerprint density at radius 3 is 2.35 bits per heavy atom. The molecular weight excluding hydrogens is 428 g/mol. The summed E-state index contributed by atoms with van der Waals surface area (Å²) in [5, 5.41) is 0. The maximum absolute atomic E-state index is 13.9. The number of methoxy groups -OCH3 is 2. The SMILES string of the molecule is COc1ccc(OC)c(-c2ccc(CC3(C(=O)N(C)C4CCN(C)CC4)CCOCC3)cc2)c1. The summed E-state index contributed by atoms with van der Waals surface area (Å²) < 4.78 is 16.6. The fourth-order valence-corrected chi connectivity index (χ4v) is 5.38. The Balaban J connectivity index is 1.54. The van der Waals surface area contributed by atoms with Crippen molar-refractivity contribution in [1.82, 2.24) is 9.80 Å². The van der Waals surface area contributed by atoms with E-state index in [1.54, 1.807) is 14.2 Å². The summed E-state index contributed by atoms with van der Waals surface area (Å²) in [6.07, 6.45) is 4.37. The Hall–Kier alpha value is -2.57. The second-order valence-corrected chi connectivity index (χ2v) is 9.78. The van der Waals surface area contributed by atoms with Gasteiger partial charge in [-0.25, -0.2) is 0 Å². The normalized spacial score (nSPS) is 18.9. The third-order valence-corrected chi connectivity index (χ3v) is 7.67. The lowest BCUT2D eigenvalue weighted by atomic mass is 9.73. The van der Waals surface area contributed by atoms with E-state index in [4.69, 9.17) is 14.2 Å². The molecular formula is C28H38N2O4. The largest absolute Gasteiger partial charge is 0.497 e. The standard InChI is InChI=1S/C28H38N2O4/c1-29-15-11-23(12-16-29)30(2)27(31)28(13-17-34-18-14-28)20-21-5-7-22(8-6-21)25-19-24(32-3)9-10-26(25)33-4/h5-10,19,23H,11-18,20H2,1-4H3. The molecule has 0 saturated carbocycles. The van der Waals surface area contributed by atoms with Crippen molar-refractivity contribution in [3.05, 3.63) is 48.0 Å². The van der Waals surface area contributed by atoms with Gasteiger partial charge in [-0.15, -0.1) is 0 Å². The predicted molar refractivity (Wildman–Crippen MR) is 134 cm³/mol. The van der Waals surface area contributed by atoms with Gasteiger partial charge in [0.15, 0.2) is 0 Å². The molecule has 2 aliphatic heterocycles. The first-order valence-electron chi connectivity index (χ1n) is 12.3. The fraction of sp³-hybridized carbons (Fsp3) is 0.536. The number of piperidine rings is 1. The highest BCUT2D eigenvalue weighted by Crippen LogP contribution is 2.39. The van der Waals surface area contributed by atoms with Gasteiger partial charge in [0, 0.05) is 31.9 Å². The number of ether oxygens (including phenoxy) is 3. The van der Waals surface area contributed by atoms with E-state index in [2.05, 4.69) is 36.2 Å². The molecule has 4 rings (SSSR count). The van der Waals surface area contributed by atoms with Gasteiger partial charge in [-0.3, -0.25) is 4.79 Å². The van der Waals surface area contributed by atoms with Crippen molar-refractivity contribution in [1.29, 1.82) is 0 Å². The number of rotatable bonds is 7. The van der Waals surface area contributed by atoms with Gasteiger partial charge in [-0.2, -0.15) is 0 Å². The first-order chi connectivity index (χ1) is 16.5. The molecule has 34 heavy (non-hydrogen) atoms. The van der Waals surface area contributed by atoms with Crippen molar-refractivity contribution >= 4 is 5.91 Å². The highest BCUT2D eigenvalue weighted by atomic mass is 16.5. The van der Waals surface area contributed by atoms with Gasteiger partial charge in [0.25, 0.3) is 0 Å². The van der Waals surface area contributed by atoms with E-state index in [9.17, 15) is 4.79 Å². The molecule has 0 spiro atoms. The molecule has 6 heteroatoms. The number of amides is 1. The zero-order chi connectivity index (χ0) is 24.1. The molecule has 0 atom stereocenters. The van der Waals surface area contributed by atoms with Crippen molar-refractivity contribution in [2.45, 2.75) is 38.1 Å². The van der Waals surface area contributed by atoms with Gasteiger partial charge >= 0.3 is 0 Å². The third kappa shape index (κ3) is 5.23. The van der Waals surface area contributed by atoms with E-state index in [-0.39, 0.29) is 5.91 Å². The van der Waals surface area contributed by atoms with Gasteiger partial charge in [0.1, 0.15) is 11.5 Å². The monoisotopic (exact) mass is 466 g/mol. The van der Waals surface area contributed by atoms with Crippen molar-refractivity contribution in [2.75, 3.05) is 54.6 Å². The van der Waals surface area contributed by atoms with Crippen LogP contribution >= 0.6 is 0 Å². The van der Waals surface area contributed by atoms with Crippen molar-refractivity contribution in [2.24, 2.45) is 5.41 Å². The lowest BCUT2D eigenvalue weighted by Gasteiger charge is -2.43. The van der Waals surface area contributed by atoms with Gasteiger partial charge < -0.3 is 24.0 Å². The second-order valence-electron chi connectivity index (χ2n) is 9.78. The maximum atomic E-state index is 13.9. The summed E-state index contributed by atoms with van der Waals surface area (Å²) in [6.45, 7) is 3.39. The summed E-state index contributed by atoms with van der Waals surface area (Å²) in [6, 6.07) is 14.7.